The number of alkyl halides is 3. The zero-order valence-electron chi connectivity index (χ0n) is 17.8. The maximum atomic E-state index is 13.2. The van der Waals surface area contributed by atoms with Gasteiger partial charge in [-0.25, -0.2) is 8.42 Å². The summed E-state index contributed by atoms with van der Waals surface area (Å²) in [7, 11) is -3.86. The van der Waals surface area contributed by atoms with Gasteiger partial charge in [-0.3, -0.25) is 9.10 Å². The molecule has 4 rings (SSSR count). The summed E-state index contributed by atoms with van der Waals surface area (Å²) in [6.07, 6.45) is -5.67. The van der Waals surface area contributed by atoms with Crippen LogP contribution in [0.1, 0.15) is 16.7 Å². The van der Waals surface area contributed by atoms with E-state index in [-0.39, 0.29) is 30.2 Å². The number of nitrogens with one attached hydrogen (secondary N) is 1. The normalized spacial score (nSPS) is 15.9. The molecule has 3 aromatic carbocycles. The Hall–Kier alpha value is -3.53. The molecule has 0 unspecified atom stereocenters. The van der Waals surface area contributed by atoms with Crippen molar-refractivity contribution in [1.29, 1.82) is 0 Å². The molecule has 10 heteroatoms. The van der Waals surface area contributed by atoms with Gasteiger partial charge in [0.2, 0.25) is 10.0 Å². The Bertz CT molecular complexity index is 1280. The van der Waals surface area contributed by atoms with Crippen LogP contribution in [0.4, 0.5) is 18.9 Å². The van der Waals surface area contributed by atoms with Gasteiger partial charge in [-0.1, -0.05) is 54.6 Å². The molecule has 34 heavy (non-hydrogen) atoms. The molecule has 0 saturated carbocycles. The van der Waals surface area contributed by atoms with E-state index >= 15 is 0 Å². The SMILES string of the molecule is O=C(NCc1cccc(C(F)(F)F)c1)[C@H]1CN(S(=O)(=O)Cc2ccccc2)c2ccccc2O1. The molecule has 3 aromatic rings. The van der Waals surface area contributed by atoms with Crippen molar-refractivity contribution in [3.63, 3.8) is 0 Å². The van der Waals surface area contributed by atoms with Gasteiger partial charge in [0.05, 0.1) is 23.5 Å². The maximum Gasteiger partial charge on any atom is 0.416 e. The van der Waals surface area contributed by atoms with Gasteiger partial charge < -0.3 is 10.1 Å². The number of amides is 1. The summed E-state index contributed by atoms with van der Waals surface area (Å²) in [6, 6.07) is 19.8. The van der Waals surface area contributed by atoms with E-state index in [4.69, 9.17) is 4.74 Å². The zero-order valence-corrected chi connectivity index (χ0v) is 18.6. The number of hydrogen-bond donors (Lipinski definition) is 1. The Morgan fingerprint density at radius 2 is 1.65 bits per heavy atom. The number of carbonyl (C=O) groups excluding carboxylic acids is 1. The summed E-state index contributed by atoms with van der Waals surface area (Å²) >= 11 is 0. The number of hydrogen-bond acceptors (Lipinski definition) is 4. The van der Waals surface area contributed by atoms with Crippen LogP contribution in [0.3, 0.4) is 0 Å². The van der Waals surface area contributed by atoms with Crippen molar-refractivity contribution in [2.45, 2.75) is 24.6 Å². The lowest BCUT2D eigenvalue weighted by atomic mass is 10.1. The third-order valence-electron chi connectivity index (χ3n) is 5.28. The first-order chi connectivity index (χ1) is 16.1. The molecule has 0 saturated heterocycles. The van der Waals surface area contributed by atoms with Gasteiger partial charge >= 0.3 is 6.18 Å². The summed E-state index contributed by atoms with van der Waals surface area (Å²) in [4.78, 5) is 12.8. The average Bonchev–Trinajstić information content (AvgIpc) is 2.82. The lowest BCUT2D eigenvalue weighted by Crippen LogP contribution is -2.50. The van der Waals surface area contributed by atoms with Crippen LogP contribution >= 0.6 is 0 Å². The fourth-order valence-corrected chi connectivity index (χ4v) is 5.21. The highest BCUT2D eigenvalue weighted by atomic mass is 32.2. The molecular formula is C24H21F3N2O4S. The molecule has 1 amide bonds. The minimum Gasteiger partial charge on any atom is -0.476 e. The third-order valence-corrected chi connectivity index (χ3v) is 6.99. The Labute approximate surface area is 195 Å². The fourth-order valence-electron chi connectivity index (χ4n) is 3.63. The number of nitrogens with zero attached hydrogens (tertiary/aromatic N) is 1. The monoisotopic (exact) mass is 490 g/mol. The lowest BCUT2D eigenvalue weighted by Gasteiger charge is -2.34. The summed E-state index contributed by atoms with van der Waals surface area (Å²) in [5.74, 6) is -0.669. The number of carbonyl (C=O) groups is 1. The number of rotatable bonds is 6. The largest absolute Gasteiger partial charge is 0.476 e. The molecule has 1 aliphatic rings. The van der Waals surface area contributed by atoms with Crippen LogP contribution < -0.4 is 14.4 Å². The average molecular weight is 491 g/mol. The van der Waals surface area contributed by atoms with Crippen LogP contribution in [0.2, 0.25) is 0 Å². The van der Waals surface area contributed by atoms with E-state index < -0.39 is 33.8 Å². The molecule has 0 spiro atoms. The number of halogens is 3. The van der Waals surface area contributed by atoms with Crippen molar-refractivity contribution in [2.75, 3.05) is 10.8 Å². The molecule has 1 N–H and O–H groups in total. The van der Waals surface area contributed by atoms with Crippen molar-refractivity contribution < 1.29 is 31.1 Å². The first-order valence-electron chi connectivity index (χ1n) is 10.4. The number of benzene rings is 3. The van der Waals surface area contributed by atoms with E-state index in [1.807, 2.05) is 0 Å². The lowest BCUT2D eigenvalue weighted by molar-refractivity contribution is -0.137. The number of para-hydroxylation sites is 2. The smallest absolute Gasteiger partial charge is 0.416 e. The van der Waals surface area contributed by atoms with Gasteiger partial charge in [0.15, 0.2) is 6.10 Å². The number of sulfonamides is 1. The van der Waals surface area contributed by atoms with Crippen LogP contribution in [0.25, 0.3) is 0 Å². The summed E-state index contributed by atoms with van der Waals surface area (Å²) in [6.45, 7) is -0.429. The fraction of sp³-hybridized carbons (Fsp3) is 0.208. The number of fused-ring (bicyclic) bond motifs is 1. The van der Waals surface area contributed by atoms with Crippen molar-refractivity contribution in [3.8, 4) is 5.75 Å². The second kappa shape index (κ2) is 9.38. The topological polar surface area (TPSA) is 75.7 Å². The Balaban J connectivity index is 1.52. The molecule has 0 fully saturated rings. The Morgan fingerprint density at radius 3 is 2.38 bits per heavy atom. The highest BCUT2D eigenvalue weighted by molar-refractivity contribution is 7.92. The van der Waals surface area contributed by atoms with Gasteiger partial charge in [-0.2, -0.15) is 13.2 Å². The first-order valence-corrected chi connectivity index (χ1v) is 12.0. The van der Waals surface area contributed by atoms with Gasteiger partial charge in [-0.15, -0.1) is 0 Å². The summed E-state index contributed by atoms with van der Waals surface area (Å²) < 4.78 is 72.2. The molecule has 0 bridgehead atoms. The van der Waals surface area contributed by atoms with Crippen LogP contribution in [-0.2, 0) is 33.3 Å². The molecule has 6 nitrogen and oxygen atoms in total. The van der Waals surface area contributed by atoms with Gasteiger partial charge in [-0.05, 0) is 35.4 Å². The second-order valence-electron chi connectivity index (χ2n) is 7.76. The maximum absolute atomic E-state index is 13.2. The molecule has 0 radical (unpaired) electrons. The molecule has 178 valence electrons. The number of anilines is 1. The molecular weight excluding hydrogens is 469 g/mol. The minimum absolute atomic E-state index is 0.166. The predicted octanol–water partition coefficient (Wildman–Crippen LogP) is 4.12. The van der Waals surface area contributed by atoms with Gasteiger partial charge in [0.1, 0.15) is 5.75 Å². The van der Waals surface area contributed by atoms with Crippen LogP contribution in [0.15, 0.2) is 78.9 Å². The van der Waals surface area contributed by atoms with Crippen LogP contribution in [0.5, 0.6) is 5.75 Å². The second-order valence-corrected chi connectivity index (χ2v) is 9.66. The van der Waals surface area contributed by atoms with Crippen molar-refractivity contribution in [3.05, 3.63) is 95.6 Å². The van der Waals surface area contributed by atoms with E-state index in [0.29, 0.717) is 11.3 Å². The van der Waals surface area contributed by atoms with Crippen molar-refractivity contribution in [2.24, 2.45) is 0 Å². The molecule has 0 aromatic heterocycles. The van der Waals surface area contributed by atoms with Crippen LogP contribution in [0, 0.1) is 0 Å². The minimum atomic E-state index is -4.50. The van der Waals surface area contributed by atoms with E-state index in [9.17, 15) is 26.4 Å². The predicted molar refractivity (Wildman–Crippen MR) is 121 cm³/mol. The van der Waals surface area contributed by atoms with E-state index in [1.165, 1.54) is 12.1 Å². The molecule has 1 heterocycles. The summed E-state index contributed by atoms with van der Waals surface area (Å²) in [5.41, 5.74) is 0.352. The first kappa shape index (κ1) is 23.6. The highest BCUT2D eigenvalue weighted by Gasteiger charge is 2.36. The van der Waals surface area contributed by atoms with E-state index in [2.05, 4.69) is 5.32 Å². The van der Waals surface area contributed by atoms with Gasteiger partial charge in [0.25, 0.3) is 5.91 Å². The van der Waals surface area contributed by atoms with Gasteiger partial charge in [0, 0.05) is 6.54 Å². The Kier molecular flexibility index (Phi) is 6.52. The third kappa shape index (κ3) is 5.33. The summed E-state index contributed by atoms with van der Waals surface area (Å²) in [5, 5.41) is 2.55. The highest BCUT2D eigenvalue weighted by Crippen LogP contribution is 2.36. The molecule has 0 aliphatic carbocycles. The van der Waals surface area contributed by atoms with Crippen LogP contribution in [-0.4, -0.2) is 27.0 Å². The van der Waals surface area contributed by atoms with Crippen molar-refractivity contribution in [1.82, 2.24) is 5.32 Å². The zero-order chi connectivity index (χ0) is 24.3. The van der Waals surface area contributed by atoms with E-state index in [0.717, 1.165) is 16.4 Å². The molecule has 1 atom stereocenters. The number of ether oxygens (including phenoxy) is 1. The molecule has 1 aliphatic heterocycles. The van der Waals surface area contributed by atoms with Crippen molar-refractivity contribution >= 4 is 21.6 Å². The Morgan fingerprint density at radius 1 is 0.971 bits per heavy atom. The standard InChI is InChI=1S/C24H21F3N2O4S/c25-24(26,27)19-10-6-9-18(13-19)14-28-23(30)22-15-29(20-11-4-5-12-21(20)33-22)34(31,32)16-17-7-2-1-3-8-17/h1-13,22H,14-16H2,(H,28,30)/t22-/m1/s1. The quantitative estimate of drug-likeness (QED) is 0.564. The van der Waals surface area contributed by atoms with E-state index in [1.54, 1.807) is 54.6 Å².